The van der Waals surface area contributed by atoms with Crippen LogP contribution in [0.5, 0.6) is 0 Å². The number of thioether (sulfide) groups is 1. The first kappa shape index (κ1) is 18.1. The zero-order chi connectivity index (χ0) is 18.8. The van der Waals surface area contributed by atoms with E-state index in [9.17, 15) is 4.79 Å². The first-order chi connectivity index (χ1) is 13.1. The van der Waals surface area contributed by atoms with Crippen molar-refractivity contribution in [2.45, 2.75) is 30.3 Å². The first-order valence-electron chi connectivity index (χ1n) is 8.93. The fourth-order valence-corrected chi connectivity index (χ4v) is 4.50. The fourth-order valence-electron chi connectivity index (χ4n) is 3.35. The molecule has 2 heterocycles. The van der Waals surface area contributed by atoms with Crippen LogP contribution in [0.25, 0.3) is 5.69 Å². The second kappa shape index (κ2) is 7.79. The Hall–Kier alpha value is -2.24. The van der Waals surface area contributed by atoms with Crippen molar-refractivity contribution in [3.63, 3.8) is 0 Å². The van der Waals surface area contributed by atoms with Crippen molar-refractivity contribution in [1.29, 1.82) is 0 Å². The van der Waals surface area contributed by atoms with Gasteiger partial charge in [-0.15, -0.1) is 0 Å². The Labute approximate surface area is 168 Å². The van der Waals surface area contributed by atoms with Gasteiger partial charge >= 0.3 is 0 Å². The van der Waals surface area contributed by atoms with Gasteiger partial charge < -0.3 is 4.90 Å². The highest BCUT2D eigenvalue weighted by Gasteiger charge is 2.26. The molecular formula is C21H20ClN3OS. The Kier molecular flexibility index (Phi) is 5.23. The maximum absolute atomic E-state index is 13.0. The summed E-state index contributed by atoms with van der Waals surface area (Å²) in [6.07, 6.45) is 4.55. The maximum Gasteiger partial charge on any atom is 0.236 e. The van der Waals surface area contributed by atoms with E-state index < -0.39 is 0 Å². The molecule has 0 fully saturated rings. The molecule has 4 nitrogen and oxygen atoms in total. The first-order valence-corrected chi connectivity index (χ1v) is 10.2. The number of amides is 1. The van der Waals surface area contributed by atoms with Crippen LogP contribution in [-0.4, -0.2) is 32.2 Å². The minimum atomic E-state index is -0.212. The Morgan fingerprint density at radius 2 is 2.00 bits per heavy atom. The van der Waals surface area contributed by atoms with Gasteiger partial charge in [0.05, 0.1) is 5.25 Å². The monoisotopic (exact) mass is 397 g/mol. The molecule has 0 spiro atoms. The number of carbonyl (C=O) groups is 1. The quantitative estimate of drug-likeness (QED) is 0.604. The molecular weight excluding hydrogens is 378 g/mol. The van der Waals surface area contributed by atoms with Crippen molar-refractivity contribution in [2.75, 3.05) is 6.54 Å². The van der Waals surface area contributed by atoms with Crippen molar-refractivity contribution < 1.29 is 4.79 Å². The number of imidazole rings is 1. The number of hydrogen-bond acceptors (Lipinski definition) is 3. The van der Waals surface area contributed by atoms with Crippen molar-refractivity contribution in [3.05, 3.63) is 77.1 Å². The fraction of sp³-hybridized carbons (Fsp3) is 0.238. The van der Waals surface area contributed by atoms with Gasteiger partial charge in [0.15, 0.2) is 5.16 Å². The lowest BCUT2D eigenvalue weighted by Crippen LogP contribution is -2.40. The Bertz CT molecular complexity index is 971. The van der Waals surface area contributed by atoms with Crippen LogP contribution in [0.3, 0.4) is 0 Å². The van der Waals surface area contributed by atoms with E-state index in [1.165, 1.54) is 22.9 Å². The third-order valence-corrected chi connectivity index (χ3v) is 6.07. The maximum atomic E-state index is 13.0. The van der Waals surface area contributed by atoms with Crippen LogP contribution in [0.15, 0.2) is 66.1 Å². The molecule has 0 radical (unpaired) electrons. The minimum Gasteiger partial charge on any atom is -0.337 e. The number of nitrogens with zero attached hydrogens (tertiary/aromatic N) is 3. The zero-order valence-electron chi connectivity index (χ0n) is 15.0. The van der Waals surface area contributed by atoms with E-state index in [1.54, 1.807) is 6.20 Å². The van der Waals surface area contributed by atoms with Crippen molar-refractivity contribution in [1.82, 2.24) is 14.5 Å². The summed E-state index contributed by atoms with van der Waals surface area (Å²) >= 11 is 7.59. The summed E-state index contributed by atoms with van der Waals surface area (Å²) in [5.41, 5.74) is 3.53. The van der Waals surface area contributed by atoms with Crippen molar-refractivity contribution >= 4 is 29.3 Å². The molecule has 1 amide bonds. The molecule has 0 saturated carbocycles. The average molecular weight is 398 g/mol. The van der Waals surface area contributed by atoms with Crippen LogP contribution in [0.2, 0.25) is 5.02 Å². The molecule has 6 heteroatoms. The predicted octanol–water partition coefficient (Wildman–Crippen LogP) is 4.59. The Morgan fingerprint density at radius 1 is 1.19 bits per heavy atom. The summed E-state index contributed by atoms with van der Waals surface area (Å²) in [4.78, 5) is 19.4. The van der Waals surface area contributed by atoms with Gasteiger partial charge in [-0.05, 0) is 42.7 Å². The molecule has 27 heavy (non-hydrogen) atoms. The van der Waals surface area contributed by atoms with Gasteiger partial charge in [0, 0.05) is 36.2 Å². The molecule has 3 aromatic rings. The largest absolute Gasteiger partial charge is 0.337 e. The lowest BCUT2D eigenvalue weighted by Gasteiger charge is -2.30. The van der Waals surface area contributed by atoms with Gasteiger partial charge in [-0.2, -0.15) is 0 Å². The van der Waals surface area contributed by atoms with E-state index in [-0.39, 0.29) is 11.2 Å². The molecule has 1 aromatic heterocycles. The summed E-state index contributed by atoms with van der Waals surface area (Å²) in [6, 6.07) is 16.0. The van der Waals surface area contributed by atoms with E-state index in [0.29, 0.717) is 11.6 Å². The number of fused-ring (bicyclic) bond motifs is 1. The highest BCUT2D eigenvalue weighted by Crippen LogP contribution is 2.28. The number of aromatic nitrogens is 2. The van der Waals surface area contributed by atoms with E-state index >= 15 is 0 Å². The molecule has 0 N–H and O–H groups in total. The standard InChI is InChI=1S/C21H20ClN3OS/c1-15(20(26)24-11-9-16-5-2-3-6-17(16)14-24)27-21-23-10-12-25(21)19-8-4-7-18(22)13-19/h2-8,10,12-13,15H,9,11,14H2,1H3. The normalized spacial score (nSPS) is 14.7. The van der Waals surface area contributed by atoms with Crippen molar-refractivity contribution in [2.24, 2.45) is 0 Å². The molecule has 0 saturated heterocycles. The molecule has 0 bridgehead atoms. The molecule has 0 aliphatic carbocycles. The molecule has 138 valence electrons. The van der Waals surface area contributed by atoms with Gasteiger partial charge in [0.1, 0.15) is 0 Å². The third kappa shape index (κ3) is 3.89. The number of carbonyl (C=O) groups excluding carboxylic acids is 1. The van der Waals surface area contributed by atoms with Gasteiger partial charge in [-0.25, -0.2) is 4.98 Å². The Balaban J connectivity index is 1.48. The SMILES string of the molecule is CC(Sc1nccn1-c1cccc(Cl)c1)C(=O)N1CCc2ccccc2C1. The van der Waals surface area contributed by atoms with Gasteiger partial charge in [0.2, 0.25) is 5.91 Å². The van der Waals surface area contributed by atoms with Crippen LogP contribution in [-0.2, 0) is 17.8 Å². The third-order valence-electron chi connectivity index (χ3n) is 4.77. The smallest absolute Gasteiger partial charge is 0.236 e. The van der Waals surface area contributed by atoms with E-state index in [1.807, 2.05) is 52.9 Å². The Morgan fingerprint density at radius 3 is 2.81 bits per heavy atom. The average Bonchev–Trinajstić information content (AvgIpc) is 3.15. The van der Waals surface area contributed by atoms with E-state index in [2.05, 4.69) is 23.2 Å². The van der Waals surface area contributed by atoms with Crippen LogP contribution < -0.4 is 0 Å². The second-order valence-electron chi connectivity index (χ2n) is 6.60. The number of halogens is 1. The van der Waals surface area contributed by atoms with Gasteiger partial charge in [-0.3, -0.25) is 9.36 Å². The van der Waals surface area contributed by atoms with Crippen molar-refractivity contribution in [3.8, 4) is 5.69 Å². The highest BCUT2D eigenvalue weighted by molar-refractivity contribution is 8.00. The highest BCUT2D eigenvalue weighted by atomic mass is 35.5. The summed E-state index contributed by atoms with van der Waals surface area (Å²) in [5, 5.41) is 1.25. The van der Waals surface area contributed by atoms with E-state index in [4.69, 9.17) is 11.6 Å². The van der Waals surface area contributed by atoms with Crippen LogP contribution in [0.4, 0.5) is 0 Å². The molecule has 2 aromatic carbocycles. The summed E-state index contributed by atoms with van der Waals surface area (Å²) < 4.78 is 1.96. The number of rotatable bonds is 4. The second-order valence-corrected chi connectivity index (χ2v) is 8.34. The lowest BCUT2D eigenvalue weighted by atomic mass is 10.00. The van der Waals surface area contributed by atoms with Crippen LogP contribution in [0.1, 0.15) is 18.1 Å². The number of hydrogen-bond donors (Lipinski definition) is 0. The predicted molar refractivity (Wildman–Crippen MR) is 109 cm³/mol. The van der Waals surface area contributed by atoms with Crippen LogP contribution >= 0.6 is 23.4 Å². The lowest BCUT2D eigenvalue weighted by molar-refractivity contribution is -0.131. The summed E-state index contributed by atoms with van der Waals surface area (Å²) in [5.74, 6) is 0.148. The number of benzene rings is 2. The molecule has 1 aliphatic heterocycles. The summed E-state index contributed by atoms with van der Waals surface area (Å²) in [6.45, 7) is 3.40. The molecule has 1 unspecified atom stereocenters. The molecule has 1 aliphatic rings. The minimum absolute atomic E-state index is 0.148. The zero-order valence-corrected chi connectivity index (χ0v) is 16.6. The topological polar surface area (TPSA) is 38.1 Å². The van der Waals surface area contributed by atoms with Gasteiger partial charge in [0.25, 0.3) is 0 Å². The van der Waals surface area contributed by atoms with Gasteiger partial charge in [-0.1, -0.05) is 53.7 Å². The summed E-state index contributed by atoms with van der Waals surface area (Å²) in [7, 11) is 0. The van der Waals surface area contributed by atoms with Crippen LogP contribution in [0, 0.1) is 0 Å². The molecule has 4 rings (SSSR count). The molecule has 1 atom stereocenters. The van der Waals surface area contributed by atoms with E-state index in [0.717, 1.165) is 23.8 Å².